The zero-order chi connectivity index (χ0) is 14.9. The first-order chi connectivity index (χ1) is 9.28. The van der Waals surface area contributed by atoms with Crippen molar-refractivity contribution in [2.75, 3.05) is 4.72 Å². The molecule has 0 aliphatic heterocycles. The van der Waals surface area contributed by atoms with Crippen LogP contribution in [0.15, 0.2) is 39.8 Å². The van der Waals surface area contributed by atoms with Crippen LogP contribution in [0.1, 0.15) is 10.6 Å². The minimum Gasteiger partial charge on any atom is -0.475 e. The first kappa shape index (κ1) is 14.0. The number of sulfonamides is 1. The van der Waals surface area contributed by atoms with E-state index in [2.05, 4.69) is 4.42 Å². The number of carboxylic acid groups (broad SMARTS) is 1. The number of anilines is 1. The summed E-state index contributed by atoms with van der Waals surface area (Å²) in [6.45, 7) is 0. The largest absolute Gasteiger partial charge is 0.475 e. The van der Waals surface area contributed by atoms with Crippen LogP contribution in [0, 0.1) is 11.6 Å². The van der Waals surface area contributed by atoms with Crippen LogP contribution in [0.4, 0.5) is 14.5 Å². The highest BCUT2D eigenvalue weighted by Gasteiger charge is 2.21. The van der Waals surface area contributed by atoms with Crippen LogP contribution < -0.4 is 4.72 Å². The van der Waals surface area contributed by atoms with Gasteiger partial charge < -0.3 is 9.52 Å². The molecule has 0 amide bonds. The number of halogens is 2. The summed E-state index contributed by atoms with van der Waals surface area (Å²) >= 11 is 0. The van der Waals surface area contributed by atoms with E-state index in [-0.39, 0.29) is 5.69 Å². The molecule has 0 radical (unpaired) electrons. The van der Waals surface area contributed by atoms with Crippen molar-refractivity contribution in [2.24, 2.45) is 0 Å². The predicted molar refractivity (Wildman–Crippen MR) is 62.8 cm³/mol. The Labute approximate surface area is 111 Å². The van der Waals surface area contributed by atoms with Gasteiger partial charge in [-0.25, -0.2) is 13.6 Å². The van der Waals surface area contributed by atoms with Crippen molar-refractivity contribution in [1.29, 1.82) is 0 Å². The third-order valence-electron chi connectivity index (χ3n) is 2.17. The van der Waals surface area contributed by atoms with E-state index >= 15 is 0 Å². The number of hydrogen-bond donors (Lipinski definition) is 2. The van der Waals surface area contributed by atoms with Gasteiger partial charge in [-0.15, -0.1) is 0 Å². The Hall–Kier alpha value is -2.42. The predicted octanol–water partition coefficient (Wildman–Crippen LogP) is 2.06. The lowest BCUT2D eigenvalue weighted by Crippen LogP contribution is -2.12. The van der Waals surface area contributed by atoms with Crippen LogP contribution in [0.2, 0.25) is 0 Å². The molecule has 0 aliphatic carbocycles. The standard InChI is InChI=1S/C11H7F2NO5S/c12-6-3-7(13)5-8(4-6)14-20(17,18)10-2-1-9(19-10)11(15)16/h1-5,14H,(H,15,16). The highest BCUT2D eigenvalue weighted by Crippen LogP contribution is 2.20. The molecule has 9 heteroatoms. The maximum absolute atomic E-state index is 12.9. The van der Waals surface area contributed by atoms with Gasteiger partial charge in [-0.05, 0) is 24.3 Å². The van der Waals surface area contributed by atoms with Gasteiger partial charge in [0.2, 0.25) is 10.9 Å². The molecule has 0 spiro atoms. The fraction of sp³-hybridized carbons (Fsp3) is 0. The number of benzene rings is 1. The Balaban J connectivity index is 2.32. The number of carboxylic acids is 1. The zero-order valence-corrected chi connectivity index (χ0v) is 10.4. The lowest BCUT2D eigenvalue weighted by molar-refractivity contribution is 0.0656. The lowest BCUT2D eigenvalue weighted by Gasteiger charge is -2.05. The van der Waals surface area contributed by atoms with Crippen LogP contribution in [-0.2, 0) is 10.0 Å². The Kier molecular flexibility index (Phi) is 3.45. The summed E-state index contributed by atoms with van der Waals surface area (Å²) in [4.78, 5) is 10.6. The van der Waals surface area contributed by atoms with Gasteiger partial charge in [0.05, 0.1) is 5.69 Å². The van der Waals surface area contributed by atoms with E-state index in [1.54, 1.807) is 0 Å². The fourth-order valence-electron chi connectivity index (χ4n) is 1.40. The van der Waals surface area contributed by atoms with E-state index in [0.29, 0.717) is 6.07 Å². The topological polar surface area (TPSA) is 96.6 Å². The number of carbonyl (C=O) groups is 1. The molecule has 1 aromatic carbocycles. The Morgan fingerprint density at radius 3 is 2.25 bits per heavy atom. The smallest absolute Gasteiger partial charge is 0.371 e. The molecule has 2 N–H and O–H groups in total. The average Bonchev–Trinajstić information content (AvgIpc) is 2.76. The van der Waals surface area contributed by atoms with Crippen LogP contribution >= 0.6 is 0 Å². The molecule has 6 nitrogen and oxygen atoms in total. The van der Waals surface area contributed by atoms with E-state index in [1.165, 1.54) is 0 Å². The SMILES string of the molecule is O=C(O)c1ccc(S(=O)(=O)Nc2cc(F)cc(F)c2)o1. The van der Waals surface area contributed by atoms with Gasteiger partial charge >= 0.3 is 5.97 Å². The van der Waals surface area contributed by atoms with Crippen LogP contribution in [0.25, 0.3) is 0 Å². The van der Waals surface area contributed by atoms with Crippen molar-refractivity contribution in [2.45, 2.75) is 5.09 Å². The van der Waals surface area contributed by atoms with Crippen molar-refractivity contribution < 1.29 is 31.5 Å². The second-order valence-electron chi connectivity index (χ2n) is 3.69. The summed E-state index contributed by atoms with van der Waals surface area (Å²) in [5, 5.41) is 7.94. The highest BCUT2D eigenvalue weighted by atomic mass is 32.2. The van der Waals surface area contributed by atoms with Crippen LogP contribution in [0.5, 0.6) is 0 Å². The first-order valence-corrected chi connectivity index (χ1v) is 6.58. The van der Waals surface area contributed by atoms with Gasteiger partial charge in [0.1, 0.15) is 11.6 Å². The molecule has 2 aromatic rings. The Morgan fingerprint density at radius 2 is 1.75 bits per heavy atom. The summed E-state index contributed by atoms with van der Waals surface area (Å²) in [6, 6.07) is 3.97. The molecule has 1 heterocycles. The monoisotopic (exact) mass is 303 g/mol. The normalized spacial score (nSPS) is 11.3. The third-order valence-corrected chi connectivity index (χ3v) is 3.43. The third kappa shape index (κ3) is 2.94. The average molecular weight is 303 g/mol. The van der Waals surface area contributed by atoms with Crippen molar-refractivity contribution in [3.8, 4) is 0 Å². The Bertz CT molecular complexity index is 749. The summed E-state index contributed by atoms with van der Waals surface area (Å²) in [7, 11) is -4.27. The molecule has 0 saturated heterocycles. The van der Waals surface area contributed by atoms with E-state index in [0.717, 1.165) is 24.3 Å². The molecule has 20 heavy (non-hydrogen) atoms. The molecular formula is C11H7F2NO5S. The second kappa shape index (κ2) is 4.93. The van der Waals surface area contributed by atoms with Gasteiger partial charge in [0, 0.05) is 6.07 Å². The van der Waals surface area contributed by atoms with E-state index in [9.17, 15) is 22.0 Å². The second-order valence-corrected chi connectivity index (χ2v) is 5.30. The van der Waals surface area contributed by atoms with Gasteiger partial charge in [0.15, 0.2) is 0 Å². The molecule has 0 atom stereocenters. The van der Waals surface area contributed by atoms with E-state index in [1.807, 2.05) is 4.72 Å². The van der Waals surface area contributed by atoms with Gasteiger partial charge in [-0.1, -0.05) is 0 Å². The number of nitrogens with one attached hydrogen (secondary N) is 1. The molecule has 0 unspecified atom stereocenters. The molecule has 1 aromatic heterocycles. The lowest BCUT2D eigenvalue weighted by atomic mass is 10.3. The highest BCUT2D eigenvalue weighted by molar-refractivity contribution is 7.92. The maximum atomic E-state index is 12.9. The molecule has 0 aliphatic rings. The fourth-order valence-corrected chi connectivity index (χ4v) is 2.37. The summed E-state index contributed by atoms with van der Waals surface area (Å²) in [5.41, 5.74) is -0.351. The number of aromatic carboxylic acids is 1. The molecule has 0 saturated carbocycles. The van der Waals surface area contributed by atoms with Crippen molar-refractivity contribution in [1.82, 2.24) is 0 Å². The quantitative estimate of drug-likeness (QED) is 0.901. The molecule has 2 rings (SSSR count). The number of hydrogen-bond acceptors (Lipinski definition) is 4. The van der Waals surface area contributed by atoms with Gasteiger partial charge in [0.25, 0.3) is 10.0 Å². The molecule has 106 valence electrons. The minimum absolute atomic E-state index is 0.351. The summed E-state index contributed by atoms with van der Waals surface area (Å²) in [6.07, 6.45) is 0. The molecule has 0 bridgehead atoms. The molecular weight excluding hydrogens is 296 g/mol. The van der Waals surface area contributed by atoms with Gasteiger partial charge in [-0.3, -0.25) is 4.72 Å². The van der Waals surface area contributed by atoms with Crippen molar-refractivity contribution in [3.05, 3.63) is 47.7 Å². The maximum Gasteiger partial charge on any atom is 0.371 e. The Morgan fingerprint density at radius 1 is 1.15 bits per heavy atom. The van der Waals surface area contributed by atoms with Crippen LogP contribution in [-0.4, -0.2) is 19.5 Å². The van der Waals surface area contributed by atoms with Gasteiger partial charge in [-0.2, -0.15) is 8.42 Å². The number of furan rings is 1. The summed E-state index contributed by atoms with van der Waals surface area (Å²) in [5.74, 6) is -3.94. The van der Waals surface area contributed by atoms with Crippen molar-refractivity contribution >= 4 is 21.7 Å². The first-order valence-electron chi connectivity index (χ1n) is 5.10. The van der Waals surface area contributed by atoms with E-state index < -0.39 is 38.5 Å². The van der Waals surface area contributed by atoms with E-state index in [4.69, 9.17) is 5.11 Å². The van der Waals surface area contributed by atoms with Crippen LogP contribution in [0.3, 0.4) is 0 Å². The summed E-state index contributed by atoms with van der Waals surface area (Å²) < 4.78 is 56.0. The molecule has 0 fully saturated rings. The van der Waals surface area contributed by atoms with Crippen molar-refractivity contribution in [3.63, 3.8) is 0 Å². The zero-order valence-electron chi connectivity index (χ0n) is 9.63. The number of rotatable bonds is 4. The minimum atomic E-state index is -4.27.